The van der Waals surface area contributed by atoms with Crippen molar-refractivity contribution in [3.8, 4) is 5.75 Å². The molecule has 0 aliphatic carbocycles. The van der Waals surface area contributed by atoms with Gasteiger partial charge in [-0.25, -0.2) is 0 Å². The molecule has 0 aliphatic rings. The Labute approximate surface area is 115 Å². The fourth-order valence-corrected chi connectivity index (χ4v) is 2.34. The molecule has 0 amide bonds. The standard InChI is InChI=1S/C15H23NO3/c1-10-8-13(6-7-16(4)9-14(17)18)11(2)12(3)15(10)19-5/h8H,6-7,9H2,1-5H3,(H,17,18). The topological polar surface area (TPSA) is 49.8 Å². The highest BCUT2D eigenvalue weighted by atomic mass is 16.5. The molecule has 0 aromatic heterocycles. The van der Waals surface area contributed by atoms with Gasteiger partial charge in [-0.05, 0) is 56.5 Å². The van der Waals surface area contributed by atoms with Gasteiger partial charge < -0.3 is 9.84 Å². The third-order valence-corrected chi connectivity index (χ3v) is 3.51. The lowest BCUT2D eigenvalue weighted by molar-refractivity contribution is -0.137. The number of carbonyl (C=O) groups is 1. The Hall–Kier alpha value is -1.55. The fourth-order valence-electron chi connectivity index (χ4n) is 2.34. The molecule has 0 heterocycles. The van der Waals surface area contributed by atoms with Crippen LogP contribution in [-0.4, -0.2) is 43.2 Å². The lowest BCUT2D eigenvalue weighted by atomic mass is 9.96. The largest absolute Gasteiger partial charge is 0.496 e. The van der Waals surface area contributed by atoms with Crippen molar-refractivity contribution in [1.29, 1.82) is 0 Å². The molecule has 19 heavy (non-hydrogen) atoms. The van der Waals surface area contributed by atoms with E-state index in [-0.39, 0.29) is 6.54 Å². The van der Waals surface area contributed by atoms with E-state index in [0.717, 1.165) is 24.3 Å². The summed E-state index contributed by atoms with van der Waals surface area (Å²) >= 11 is 0. The van der Waals surface area contributed by atoms with Crippen molar-refractivity contribution in [3.63, 3.8) is 0 Å². The monoisotopic (exact) mass is 265 g/mol. The van der Waals surface area contributed by atoms with Crippen LogP contribution in [0.25, 0.3) is 0 Å². The second kappa shape index (κ2) is 6.57. The number of hydrogen-bond acceptors (Lipinski definition) is 3. The SMILES string of the molecule is COc1c(C)cc(CCN(C)CC(=O)O)c(C)c1C. The van der Waals surface area contributed by atoms with Crippen molar-refractivity contribution < 1.29 is 14.6 Å². The molecule has 4 heteroatoms. The second-order valence-electron chi connectivity index (χ2n) is 5.02. The molecule has 0 spiro atoms. The minimum absolute atomic E-state index is 0.0766. The van der Waals surface area contributed by atoms with Gasteiger partial charge in [-0.2, -0.15) is 0 Å². The molecule has 4 nitrogen and oxygen atoms in total. The van der Waals surface area contributed by atoms with E-state index >= 15 is 0 Å². The maximum absolute atomic E-state index is 10.6. The molecule has 0 unspecified atom stereocenters. The summed E-state index contributed by atoms with van der Waals surface area (Å²) in [5, 5.41) is 8.73. The lowest BCUT2D eigenvalue weighted by Gasteiger charge is -2.18. The molecular formula is C15H23NO3. The van der Waals surface area contributed by atoms with Crippen LogP contribution in [0.4, 0.5) is 0 Å². The van der Waals surface area contributed by atoms with E-state index in [9.17, 15) is 4.79 Å². The number of carboxylic acid groups (broad SMARTS) is 1. The molecule has 0 atom stereocenters. The van der Waals surface area contributed by atoms with Crippen LogP contribution in [0, 0.1) is 20.8 Å². The van der Waals surface area contributed by atoms with E-state index in [1.165, 1.54) is 16.7 Å². The number of ether oxygens (including phenoxy) is 1. The maximum Gasteiger partial charge on any atom is 0.317 e. The quantitative estimate of drug-likeness (QED) is 0.856. The number of aryl methyl sites for hydroxylation is 1. The Morgan fingerprint density at radius 2 is 1.95 bits per heavy atom. The summed E-state index contributed by atoms with van der Waals surface area (Å²) in [6.07, 6.45) is 0.848. The van der Waals surface area contributed by atoms with Gasteiger partial charge in [0.2, 0.25) is 0 Å². The van der Waals surface area contributed by atoms with Gasteiger partial charge in [-0.15, -0.1) is 0 Å². The van der Waals surface area contributed by atoms with Gasteiger partial charge in [-0.1, -0.05) is 6.07 Å². The fraction of sp³-hybridized carbons (Fsp3) is 0.533. The zero-order chi connectivity index (χ0) is 14.6. The number of nitrogens with zero attached hydrogens (tertiary/aromatic N) is 1. The van der Waals surface area contributed by atoms with E-state index < -0.39 is 5.97 Å². The van der Waals surface area contributed by atoms with Gasteiger partial charge in [-0.3, -0.25) is 9.69 Å². The van der Waals surface area contributed by atoms with Crippen molar-refractivity contribution in [1.82, 2.24) is 4.90 Å². The number of rotatable bonds is 6. The molecule has 1 N–H and O–H groups in total. The first-order valence-electron chi connectivity index (χ1n) is 6.40. The Bertz CT molecular complexity index is 469. The lowest BCUT2D eigenvalue weighted by Crippen LogP contribution is -2.27. The first-order chi connectivity index (χ1) is 8.86. The first kappa shape index (κ1) is 15.5. The average Bonchev–Trinajstić information content (AvgIpc) is 2.32. The molecule has 106 valence electrons. The molecule has 0 saturated heterocycles. The summed E-state index contributed by atoms with van der Waals surface area (Å²) in [5.74, 6) is 0.154. The summed E-state index contributed by atoms with van der Waals surface area (Å²) in [6.45, 7) is 7.00. The molecule has 0 aliphatic heterocycles. The van der Waals surface area contributed by atoms with Crippen molar-refractivity contribution in [2.24, 2.45) is 0 Å². The van der Waals surface area contributed by atoms with E-state index in [1.54, 1.807) is 7.11 Å². The molecule has 1 rings (SSSR count). The molecular weight excluding hydrogens is 242 g/mol. The Balaban J connectivity index is 2.82. The van der Waals surface area contributed by atoms with Crippen LogP contribution in [0.15, 0.2) is 6.07 Å². The van der Waals surface area contributed by atoms with Crippen molar-refractivity contribution >= 4 is 5.97 Å². The van der Waals surface area contributed by atoms with Crippen LogP contribution in [-0.2, 0) is 11.2 Å². The second-order valence-corrected chi connectivity index (χ2v) is 5.02. The number of benzene rings is 1. The highest BCUT2D eigenvalue weighted by Crippen LogP contribution is 2.28. The molecule has 0 saturated carbocycles. The number of hydrogen-bond donors (Lipinski definition) is 1. The van der Waals surface area contributed by atoms with E-state index in [4.69, 9.17) is 9.84 Å². The summed E-state index contributed by atoms with van der Waals surface area (Å²) in [6, 6.07) is 2.13. The number of carboxylic acids is 1. The van der Waals surface area contributed by atoms with Crippen LogP contribution in [0.3, 0.4) is 0 Å². The zero-order valence-corrected chi connectivity index (χ0v) is 12.4. The van der Waals surface area contributed by atoms with Crippen molar-refractivity contribution in [2.45, 2.75) is 27.2 Å². The van der Waals surface area contributed by atoms with Crippen molar-refractivity contribution in [3.05, 3.63) is 28.3 Å². The summed E-state index contributed by atoms with van der Waals surface area (Å²) in [5.41, 5.74) is 4.78. The van der Waals surface area contributed by atoms with E-state index in [2.05, 4.69) is 19.9 Å². The molecule has 0 fully saturated rings. The Morgan fingerprint density at radius 3 is 2.47 bits per heavy atom. The van der Waals surface area contributed by atoms with Gasteiger partial charge in [0.25, 0.3) is 0 Å². The number of likely N-dealkylation sites (N-methyl/N-ethyl adjacent to an activating group) is 1. The number of aliphatic carboxylic acids is 1. The summed E-state index contributed by atoms with van der Waals surface area (Å²) < 4.78 is 5.40. The van der Waals surface area contributed by atoms with Gasteiger partial charge in [0.15, 0.2) is 0 Å². The van der Waals surface area contributed by atoms with Gasteiger partial charge in [0.05, 0.1) is 13.7 Å². The van der Waals surface area contributed by atoms with Gasteiger partial charge in [0.1, 0.15) is 5.75 Å². The highest BCUT2D eigenvalue weighted by Gasteiger charge is 2.11. The molecule has 0 radical (unpaired) electrons. The normalized spacial score (nSPS) is 10.8. The number of methoxy groups -OCH3 is 1. The van der Waals surface area contributed by atoms with Gasteiger partial charge >= 0.3 is 5.97 Å². The minimum atomic E-state index is -0.790. The van der Waals surface area contributed by atoms with E-state index in [1.807, 2.05) is 18.9 Å². The highest BCUT2D eigenvalue weighted by molar-refractivity contribution is 5.69. The van der Waals surface area contributed by atoms with E-state index in [0.29, 0.717) is 0 Å². The predicted molar refractivity (Wildman–Crippen MR) is 76.0 cm³/mol. The third-order valence-electron chi connectivity index (χ3n) is 3.51. The molecule has 1 aromatic rings. The smallest absolute Gasteiger partial charge is 0.317 e. The van der Waals surface area contributed by atoms with Crippen LogP contribution in [0.2, 0.25) is 0 Å². The van der Waals surface area contributed by atoms with Crippen LogP contribution < -0.4 is 4.74 Å². The third kappa shape index (κ3) is 3.96. The summed E-state index contributed by atoms with van der Waals surface area (Å²) in [4.78, 5) is 12.4. The average molecular weight is 265 g/mol. The minimum Gasteiger partial charge on any atom is -0.496 e. The molecule has 0 bridgehead atoms. The summed E-state index contributed by atoms with van der Waals surface area (Å²) in [7, 11) is 3.52. The zero-order valence-electron chi connectivity index (χ0n) is 12.4. The van der Waals surface area contributed by atoms with Crippen LogP contribution >= 0.6 is 0 Å². The van der Waals surface area contributed by atoms with Gasteiger partial charge in [0, 0.05) is 6.54 Å². The van der Waals surface area contributed by atoms with Crippen LogP contribution in [0.5, 0.6) is 5.75 Å². The molecule has 1 aromatic carbocycles. The predicted octanol–water partition coefficient (Wildman–Crippen LogP) is 2.18. The van der Waals surface area contributed by atoms with Crippen LogP contribution in [0.1, 0.15) is 22.3 Å². The first-order valence-corrected chi connectivity index (χ1v) is 6.40. The maximum atomic E-state index is 10.6. The van der Waals surface area contributed by atoms with Crippen molar-refractivity contribution in [2.75, 3.05) is 27.2 Å². The Kier molecular flexibility index (Phi) is 5.36. The Morgan fingerprint density at radius 1 is 1.32 bits per heavy atom.